The molecule has 5 rings (SSSR count). The first-order chi connectivity index (χ1) is 16.3. The van der Waals surface area contributed by atoms with E-state index < -0.39 is 17.0 Å². The maximum atomic E-state index is 13.8. The Morgan fingerprint density at radius 2 is 1.88 bits per heavy atom. The van der Waals surface area contributed by atoms with E-state index in [2.05, 4.69) is 17.1 Å². The number of imidazole rings is 1. The van der Waals surface area contributed by atoms with E-state index in [-0.39, 0.29) is 17.9 Å². The monoisotopic (exact) mass is 465 g/mol. The van der Waals surface area contributed by atoms with Gasteiger partial charge in [-0.25, -0.2) is 13.8 Å². The highest BCUT2D eigenvalue weighted by atomic mass is 19.1. The Morgan fingerprint density at radius 1 is 1.15 bits per heavy atom. The van der Waals surface area contributed by atoms with Gasteiger partial charge < -0.3 is 14.2 Å². The van der Waals surface area contributed by atoms with E-state index in [1.165, 1.54) is 12.1 Å². The summed E-state index contributed by atoms with van der Waals surface area (Å²) in [6, 6.07) is 9.34. The third-order valence-corrected chi connectivity index (χ3v) is 7.54. The number of methoxy groups -OCH3 is 1. The smallest absolute Gasteiger partial charge is 0.229 e. The van der Waals surface area contributed by atoms with Crippen LogP contribution in [0.3, 0.4) is 0 Å². The fraction of sp³-hybridized carbons (Fsp3) is 0.407. The minimum absolute atomic E-state index is 0.102. The van der Waals surface area contributed by atoms with E-state index in [0.717, 1.165) is 54.4 Å². The number of likely N-dealkylation sites (tertiary alicyclic amines) is 1. The van der Waals surface area contributed by atoms with Crippen LogP contribution in [0, 0.1) is 24.0 Å². The van der Waals surface area contributed by atoms with Crippen LogP contribution in [0.4, 0.5) is 8.78 Å². The maximum Gasteiger partial charge on any atom is 0.229 e. The summed E-state index contributed by atoms with van der Waals surface area (Å²) < 4.78 is 35.1. The average molecular weight is 466 g/mol. The van der Waals surface area contributed by atoms with E-state index in [1.54, 1.807) is 18.3 Å². The zero-order chi connectivity index (χ0) is 24.0. The van der Waals surface area contributed by atoms with Gasteiger partial charge in [0.05, 0.1) is 36.3 Å². The van der Waals surface area contributed by atoms with Crippen LogP contribution in [0.25, 0.3) is 5.69 Å². The topological polar surface area (TPSA) is 47.4 Å². The Labute approximate surface area is 198 Å². The molecule has 1 atom stereocenters. The number of hydrogen-bond acceptors (Lipinski definition) is 3. The molecule has 34 heavy (non-hydrogen) atoms. The zero-order valence-corrected chi connectivity index (χ0v) is 19.7. The van der Waals surface area contributed by atoms with Gasteiger partial charge in [0.25, 0.3) is 0 Å². The fourth-order valence-electron chi connectivity index (χ4n) is 5.68. The van der Waals surface area contributed by atoms with Crippen molar-refractivity contribution in [1.82, 2.24) is 14.5 Å². The van der Waals surface area contributed by atoms with E-state index in [9.17, 15) is 13.6 Å². The van der Waals surface area contributed by atoms with Gasteiger partial charge in [-0.05, 0) is 80.8 Å². The third-order valence-electron chi connectivity index (χ3n) is 7.54. The lowest BCUT2D eigenvalue weighted by molar-refractivity contribution is -0.156. The van der Waals surface area contributed by atoms with Gasteiger partial charge >= 0.3 is 0 Å². The second kappa shape index (κ2) is 8.53. The molecule has 178 valence electrons. The lowest BCUT2D eigenvalue weighted by Crippen LogP contribution is -2.54. The van der Waals surface area contributed by atoms with Gasteiger partial charge in [-0.1, -0.05) is 6.07 Å². The molecule has 2 aliphatic rings. The van der Waals surface area contributed by atoms with Crippen molar-refractivity contribution in [3.63, 3.8) is 0 Å². The van der Waals surface area contributed by atoms with Gasteiger partial charge in [-0.15, -0.1) is 0 Å². The van der Waals surface area contributed by atoms with Crippen molar-refractivity contribution >= 4 is 5.91 Å². The highest BCUT2D eigenvalue weighted by Crippen LogP contribution is 2.57. The summed E-state index contributed by atoms with van der Waals surface area (Å²) in [5.74, 6) is -0.0851. The first-order valence-corrected chi connectivity index (χ1v) is 11.8. The second-order valence-electron chi connectivity index (χ2n) is 9.72. The largest absolute Gasteiger partial charge is 0.495 e. The molecule has 1 saturated carbocycles. The molecule has 1 aliphatic carbocycles. The Hall–Kier alpha value is -3.22. The molecule has 3 aromatic rings. The number of aromatic nitrogens is 2. The first kappa shape index (κ1) is 22.6. The highest BCUT2D eigenvalue weighted by molar-refractivity contribution is 5.85. The molecule has 1 unspecified atom stereocenters. The lowest BCUT2D eigenvalue weighted by atomic mass is 9.56. The molecule has 1 spiro atoms. The van der Waals surface area contributed by atoms with Crippen LogP contribution in [0.1, 0.15) is 61.4 Å². The number of aryl methyl sites for hydroxylation is 1. The number of halogens is 2. The van der Waals surface area contributed by atoms with Crippen LogP contribution in [-0.2, 0) is 4.79 Å². The number of benzene rings is 2. The number of amides is 1. The maximum absolute atomic E-state index is 13.8. The number of ether oxygens (including phenoxy) is 1. The Morgan fingerprint density at radius 3 is 2.53 bits per heavy atom. The minimum atomic E-state index is -0.618. The molecule has 7 heteroatoms. The zero-order valence-electron chi connectivity index (χ0n) is 19.7. The highest BCUT2D eigenvalue weighted by Gasteiger charge is 2.54. The molecule has 5 nitrogen and oxygen atoms in total. The molecule has 0 N–H and O–H groups in total. The van der Waals surface area contributed by atoms with Gasteiger partial charge in [0.1, 0.15) is 17.4 Å². The van der Waals surface area contributed by atoms with Gasteiger partial charge in [0.2, 0.25) is 5.91 Å². The van der Waals surface area contributed by atoms with Gasteiger partial charge in [0, 0.05) is 18.8 Å². The molecule has 2 heterocycles. The number of nitrogens with zero attached hydrogens (tertiary/aromatic N) is 3. The molecule has 2 aromatic carbocycles. The van der Waals surface area contributed by atoms with Gasteiger partial charge in [-0.3, -0.25) is 4.79 Å². The Balaban J connectivity index is 1.33. The molecular formula is C27H29F2N3O2. The third kappa shape index (κ3) is 3.87. The summed E-state index contributed by atoms with van der Waals surface area (Å²) in [6.45, 7) is 4.40. The number of rotatable bonds is 5. The molecule has 2 fully saturated rings. The normalized spacial score (nSPS) is 23.1. The molecular weight excluding hydrogens is 436 g/mol. The summed E-state index contributed by atoms with van der Waals surface area (Å²) in [7, 11) is 1.66. The van der Waals surface area contributed by atoms with Gasteiger partial charge in [-0.2, -0.15) is 0 Å². The standard InChI is InChI=1S/C27H29F2N3O2/c1-17-15-31(16-30-17)24-6-5-19(11-25(24)34-3)21-13-27(14-21)7-4-8-32(26(27)33)18(2)20-9-22(28)12-23(29)10-20/h5-6,9-12,15-16,18,21H,4,7-8,13-14H2,1-3H3. The van der Waals surface area contributed by atoms with E-state index in [4.69, 9.17) is 4.74 Å². The van der Waals surface area contributed by atoms with Crippen LogP contribution in [-0.4, -0.2) is 34.0 Å². The Kier molecular flexibility index (Phi) is 5.66. The number of carbonyl (C=O) groups excluding carboxylic acids is 1. The predicted octanol–water partition coefficient (Wildman–Crippen LogP) is 5.71. The molecule has 1 amide bonds. The van der Waals surface area contributed by atoms with Crippen LogP contribution in [0.15, 0.2) is 48.9 Å². The summed E-state index contributed by atoms with van der Waals surface area (Å²) in [6.07, 6.45) is 7.02. The Bertz CT molecular complexity index is 1210. The fourth-order valence-corrected chi connectivity index (χ4v) is 5.68. The van der Waals surface area contributed by atoms with Crippen LogP contribution in [0.5, 0.6) is 5.75 Å². The first-order valence-electron chi connectivity index (χ1n) is 11.8. The van der Waals surface area contributed by atoms with Crippen LogP contribution >= 0.6 is 0 Å². The summed E-state index contributed by atoms with van der Waals surface area (Å²) in [4.78, 5) is 19.7. The second-order valence-corrected chi connectivity index (χ2v) is 9.72. The van der Waals surface area contributed by atoms with Crippen molar-refractivity contribution in [3.8, 4) is 11.4 Å². The van der Waals surface area contributed by atoms with Crippen molar-refractivity contribution in [2.75, 3.05) is 13.7 Å². The summed E-state index contributed by atoms with van der Waals surface area (Å²) in [5, 5.41) is 0. The SMILES string of the molecule is COc1cc(C2CC3(CCCN(C(C)c4cc(F)cc(F)c4)C3=O)C2)ccc1-n1cnc(C)c1. The van der Waals surface area contributed by atoms with Crippen LogP contribution < -0.4 is 4.74 Å². The minimum Gasteiger partial charge on any atom is -0.495 e. The van der Waals surface area contributed by atoms with E-state index >= 15 is 0 Å². The van der Waals surface area contributed by atoms with E-state index in [1.807, 2.05) is 30.7 Å². The molecule has 0 bridgehead atoms. The van der Waals surface area contributed by atoms with Gasteiger partial charge in [0.15, 0.2) is 0 Å². The van der Waals surface area contributed by atoms with Crippen LogP contribution in [0.2, 0.25) is 0 Å². The summed E-state index contributed by atoms with van der Waals surface area (Å²) >= 11 is 0. The number of piperidine rings is 1. The quantitative estimate of drug-likeness (QED) is 0.485. The molecule has 1 aliphatic heterocycles. The molecule has 0 radical (unpaired) electrons. The lowest BCUT2D eigenvalue weighted by Gasteiger charge is -2.53. The molecule has 1 aromatic heterocycles. The average Bonchev–Trinajstić information content (AvgIpc) is 3.22. The van der Waals surface area contributed by atoms with Crippen molar-refractivity contribution in [3.05, 3.63) is 77.4 Å². The van der Waals surface area contributed by atoms with Crippen molar-refractivity contribution in [2.45, 2.75) is 51.5 Å². The summed E-state index contributed by atoms with van der Waals surface area (Å²) in [5.41, 5.74) is 3.12. The predicted molar refractivity (Wildman–Crippen MR) is 125 cm³/mol. The number of carbonyl (C=O) groups is 1. The number of hydrogen-bond donors (Lipinski definition) is 0. The van der Waals surface area contributed by atoms with Crippen molar-refractivity contribution in [2.24, 2.45) is 5.41 Å². The van der Waals surface area contributed by atoms with E-state index in [0.29, 0.717) is 12.1 Å². The van der Waals surface area contributed by atoms with Crippen molar-refractivity contribution < 1.29 is 18.3 Å². The van der Waals surface area contributed by atoms with Crippen molar-refractivity contribution in [1.29, 1.82) is 0 Å². The molecule has 1 saturated heterocycles.